The van der Waals surface area contributed by atoms with Gasteiger partial charge < -0.3 is 0 Å². The van der Waals surface area contributed by atoms with Crippen molar-refractivity contribution in [2.75, 3.05) is 0 Å². The van der Waals surface area contributed by atoms with Crippen LogP contribution in [0, 0.1) is 41.4 Å². The second-order valence-electron chi connectivity index (χ2n) is 9.73. The van der Waals surface area contributed by atoms with E-state index < -0.39 is 0 Å². The van der Waals surface area contributed by atoms with Gasteiger partial charge in [-0.1, -0.05) is 80.6 Å². The lowest BCUT2D eigenvalue weighted by Crippen LogP contribution is -2.24. The van der Waals surface area contributed by atoms with Crippen molar-refractivity contribution in [3.63, 3.8) is 0 Å². The van der Waals surface area contributed by atoms with Crippen LogP contribution < -0.4 is 0 Å². The largest absolute Gasteiger partial charge is 0.0654 e. The van der Waals surface area contributed by atoms with Gasteiger partial charge in [0.2, 0.25) is 0 Å². The van der Waals surface area contributed by atoms with Crippen LogP contribution >= 0.6 is 0 Å². The molecule has 0 spiro atoms. The van der Waals surface area contributed by atoms with Crippen molar-refractivity contribution in [1.29, 1.82) is 0 Å². The van der Waals surface area contributed by atoms with E-state index in [4.69, 9.17) is 0 Å². The Morgan fingerprint density at radius 1 is 0.708 bits per heavy atom. The summed E-state index contributed by atoms with van der Waals surface area (Å²) in [5, 5.41) is 0. The molecule has 144 valence electrons. The van der Waals surface area contributed by atoms with Gasteiger partial charge in [-0.05, 0) is 73.5 Å². The second kappa shape index (κ2) is 11.6. The Kier molecular flexibility index (Phi) is 10.6. The maximum atomic E-state index is 2.57. The molecule has 4 unspecified atom stereocenters. The van der Waals surface area contributed by atoms with Crippen LogP contribution in [0.25, 0.3) is 0 Å². The third-order valence-corrected chi connectivity index (χ3v) is 7.61. The topological polar surface area (TPSA) is 0 Å². The lowest BCUT2D eigenvalue weighted by molar-refractivity contribution is 0.159. The number of hydrogen-bond donors (Lipinski definition) is 0. The zero-order chi connectivity index (χ0) is 18.1. The standard InChI is InChI=1S/C24H48/c1-8-10-22(12-11-20(6)19(5)9-2)17-21(7)24-15-13-23(14-16-24)18(3)4/h18-24H,8-17H2,1-7H3. The smallest absolute Gasteiger partial charge is 0.0388 e. The lowest BCUT2D eigenvalue weighted by Gasteiger charge is -2.35. The third kappa shape index (κ3) is 7.49. The lowest BCUT2D eigenvalue weighted by atomic mass is 9.70. The molecule has 0 radical (unpaired) electrons. The first-order chi connectivity index (χ1) is 11.4. The van der Waals surface area contributed by atoms with Gasteiger partial charge in [0, 0.05) is 0 Å². The van der Waals surface area contributed by atoms with E-state index in [-0.39, 0.29) is 0 Å². The van der Waals surface area contributed by atoms with Crippen LogP contribution in [0.1, 0.15) is 113 Å². The summed E-state index contributed by atoms with van der Waals surface area (Å²) >= 11 is 0. The molecular formula is C24H48. The summed E-state index contributed by atoms with van der Waals surface area (Å²) in [6.45, 7) is 17.1. The van der Waals surface area contributed by atoms with Gasteiger partial charge in [0.25, 0.3) is 0 Å². The van der Waals surface area contributed by atoms with Gasteiger partial charge in [0.05, 0.1) is 0 Å². The Balaban J connectivity index is 2.41. The van der Waals surface area contributed by atoms with Crippen molar-refractivity contribution in [2.24, 2.45) is 41.4 Å². The molecule has 0 N–H and O–H groups in total. The van der Waals surface area contributed by atoms with Crippen LogP contribution in [0.2, 0.25) is 0 Å². The minimum atomic E-state index is 0.899. The minimum Gasteiger partial charge on any atom is -0.0654 e. The van der Waals surface area contributed by atoms with Gasteiger partial charge in [-0.3, -0.25) is 0 Å². The van der Waals surface area contributed by atoms with Gasteiger partial charge in [-0.25, -0.2) is 0 Å². The summed E-state index contributed by atoms with van der Waals surface area (Å²) in [6.07, 6.45) is 14.6. The fourth-order valence-corrected chi connectivity index (χ4v) is 5.07. The molecule has 0 aromatic carbocycles. The average Bonchev–Trinajstić information content (AvgIpc) is 2.58. The molecule has 0 aliphatic heterocycles. The maximum Gasteiger partial charge on any atom is -0.0388 e. The fraction of sp³-hybridized carbons (Fsp3) is 1.00. The van der Waals surface area contributed by atoms with E-state index >= 15 is 0 Å². The zero-order valence-electron chi connectivity index (χ0n) is 18.1. The molecule has 0 nitrogen and oxygen atoms in total. The molecule has 0 bridgehead atoms. The van der Waals surface area contributed by atoms with E-state index in [1.807, 2.05) is 0 Å². The van der Waals surface area contributed by atoms with Gasteiger partial charge in [0.1, 0.15) is 0 Å². The first kappa shape index (κ1) is 22.0. The molecule has 1 aliphatic rings. The minimum absolute atomic E-state index is 0.899. The van der Waals surface area contributed by atoms with Crippen LogP contribution in [-0.4, -0.2) is 0 Å². The van der Waals surface area contributed by atoms with Crippen molar-refractivity contribution < 1.29 is 0 Å². The molecule has 1 saturated carbocycles. The molecule has 0 heteroatoms. The number of rotatable bonds is 11. The Labute approximate surface area is 154 Å². The van der Waals surface area contributed by atoms with Gasteiger partial charge in [0.15, 0.2) is 0 Å². The monoisotopic (exact) mass is 336 g/mol. The molecule has 0 heterocycles. The molecule has 0 aromatic heterocycles. The fourth-order valence-electron chi connectivity index (χ4n) is 5.07. The van der Waals surface area contributed by atoms with Crippen molar-refractivity contribution >= 4 is 0 Å². The van der Waals surface area contributed by atoms with Gasteiger partial charge in [-0.15, -0.1) is 0 Å². The first-order valence-corrected chi connectivity index (χ1v) is 11.4. The van der Waals surface area contributed by atoms with Crippen molar-refractivity contribution in [1.82, 2.24) is 0 Å². The molecule has 24 heavy (non-hydrogen) atoms. The summed E-state index contributed by atoms with van der Waals surface area (Å²) < 4.78 is 0. The summed E-state index contributed by atoms with van der Waals surface area (Å²) in [6, 6.07) is 0. The van der Waals surface area contributed by atoms with E-state index in [1.54, 1.807) is 0 Å². The molecule has 1 rings (SSSR count). The van der Waals surface area contributed by atoms with Gasteiger partial charge >= 0.3 is 0 Å². The maximum absolute atomic E-state index is 2.57. The van der Waals surface area contributed by atoms with E-state index in [2.05, 4.69) is 48.5 Å². The van der Waals surface area contributed by atoms with Crippen LogP contribution in [0.15, 0.2) is 0 Å². The Morgan fingerprint density at radius 2 is 1.29 bits per heavy atom. The predicted molar refractivity (Wildman–Crippen MR) is 110 cm³/mol. The van der Waals surface area contributed by atoms with Gasteiger partial charge in [-0.2, -0.15) is 0 Å². The average molecular weight is 337 g/mol. The predicted octanol–water partition coefficient (Wildman–Crippen LogP) is 8.35. The van der Waals surface area contributed by atoms with E-state index in [0.717, 1.165) is 41.4 Å². The Hall–Kier alpha value is 0. The Bertz CT molecular complexity index is 297. The SMILES string of the molecule is CCCC(CCC(C)C(C)CC)CC(C)C1CCC(C(C)C)CC1. The molecule has 0 saturated heterocycles. The summed E-state index contributed by atoms with van der Waals surface area (Å²) in [5.74, 6) is 6.67. The molecule has 0 aromatic rings. The van der Waals surface area contributed by atoms with Crippen LogP contribution in [0.3, 0.4) is 0 Å². The summed E-state index contributed by atoms with van der Waals surface area (Å²) in [4.78, 5) is 0. The van der Waals surface area contributed by atoms with E-state index in [0.29, 0.717) is 0 Å². The van der Waals surface area contributed by atoms with Crippen LogP contribution in [0.5, 0.6) is 0 Å². The second-order valence-corrected chi connectivity index (χ2v) is 9.73. The molecule has 4 atom stereocenters. The highest BCUT2D eigenvalue weighted by Crippen LogP contribution is 2.39. The van der Waals surface area contributed by atoms with Crippen molar-refractivity contribution in [3.8, 4) is 0 Å². The molecular weight excluding hydrogens is 288 g/mol. The highest BCUT2D eigenvalue weighted by Gasteiger charge is 2.28. The first-order valence-electron chi connectivity index (χ1n) is 11.4. The molecule has 1 fully saturated rings. The zero-order valence-corrected chi connectivity index (χ0v) is 18.1. The number of hydrogen-bond acceptors (Lipinski definition) is 0. The normalized spacial score (nSPS) is 27.0. The molecule has 1 aliphatic carbocycles. The van der Waals surface area contributed by atoms with Crippen LogP contribution in [0.4, 0.5) is 0 Å². The van der Waals surface area contributed by atoms with E-state index in [1.165, 1.54) is 64.2 Å². The van der Waals surface area contributed by atoms with Crippen molar-refractivity contribution in [3.05, 3.63) is 0 Å². The highest BCUT2D eigenvalue weighted by atomic mass is 14.3. The quantitative estimate of drug-likeness (QED) is 0.355. The van der Waals surface area contributed by atoms with Crippen LogP contribution in [-0.2, 0) is 0 Å². The summed E-state index contributed by atoms with van der Waals surface area (Å²) in [5.41, 5.74) is 0. The Morgan fingerprint density at radius 3 is 1.79 bits per heavy atom. The van der Waals surface area contributed by atoms with E-state index in [9.17, 15) is 0 Å². The third-order valence-electron chi connectivity index (χ3n) is 7.61. The molecule has 0 amide bonds. The summed E-state index contributed by atoms with van der Waals surface area (Å²) in [7, 11) is 0. The highest BCUT2D eigenvalue weighted by molar-refractivity contribution is 4.79. The van der Waals surface area contributed by atoms with Crippen molar-refractivity contribution in [2.45, 2.75) is 113 Å².